The van der Waals surface area contributed by atoms with Crippen molar-refractivity contribution in [3.8, 4) is 11.5 Å². The molecule has 0 radical (unpaired) electrons. The lowest BCUT2D eigenvalue weighted by Crippen LogP contribution is -2.48. The molecule has 0 bridgehead atoms. The van der Waals surface area contributed by atoms with Crippen LogP contribution in [-0.4, -0.2) is 50.3 Å². The molecule has 0 N–H and O–H groups in total. The monoisotopic (exact) mass is 279 g/mol. The molecule has 1 saturated heterocycles. The average Bonchev–Trinajstić information content (AvgIpc) is 2.44. The molecule has 1 amide bonds. The van der Waals surface area contributed by atoms with E-state index in [0.29, 0.717) is 30.2 Å². The van der Waals surface area contributed by atoms with Gasteiger partial charge >= 0.3 is 0 Å². The van der Waals surface area contributed by atoms with Gasteiger partial charge in [-0.05, 0) is 32.0 Å². The minimum atomic E-state index is -0.0530. The van der Waals surface area contributed by atoms with E-state index < -0.39 is 0 Å². The molecular weight excluding hydrogens is 258 g/mol. The fourth-order valence-electron chi connectivity index (χ4n) is 2.50. The number of amides is 1. The Hall–Kier alpha value is -1.75. The van der Waals surface area contributed by atoms with Gasteiger partial charge in [-0.1, -0.05) is 0 Å². The first-order valence-corrected chi connectivity index (χ1v) is 6.72. The first-order valence-electron chi connectivity index (χ1n) is 6.72. The van der Waals surface area contributed by atoms with Gasteiger partial charge in [-0.15, -0.1) is 0 Å². The zero-order valence-corrected chi connectivity index (χ0v) is 12.4. The summed E-state index contributed by atoms with van der Waals surface area (Å²) in [5.74, 6) is 1.15. The van der Waals surface area contributed by atoms with Gasteiger partial charge in [-0.3, -0.25) is 4.79 Å². The molecule has 0 spiro atoms. The van der Waals surface area contributed by atoms with E-state index >= 15 is 0 Å². The lowest BCUT2D eigenvalue weighted by Gasteiger charge is -2.35. The topological polar surface area (TPSA) is 48.0 Å². The Labute approximate surface area is 119 Å². The maximum atomic E-state index is 12.7. The van der Waals surface area contributed by atoms with E-state index in [0.717, 1.165) is 0 Å². The summed E-state index contributed by atoms with van der Waals surface area (Å²) >= 11 is 0. The van der Waals surface area contributed by atoms with Crippen molar-refractivity contribution in [2.24, 2.45) is 0 Å². The highest BCUT2D eigenvalue weighted by atomic mass is 16.5. The molecule has 1 aliphatic rings. The van der Waals surface area contributed by atoms with Crippen molar-refractivity contribution in [2.45, 2.75) is 26.1 Å². The standard InChI is InChI=1S/C15H21NO4/c1-10-8-16(9-11(2)20-10)15(17)13-7-12(18-3)5-6-14(13)19-4/h5-7,10-11H,8-9H2,1-4H3. The Morgan fingerprint density at radius 1 is 1.20 bits per heavy atom. The molecule has 5 heteroatoms. The summed E-state index contributed by atoms with van der Waals surface area (Å²) in [4.78, 5) is 14.5. The summed E-state index contributed by atoms with van der Waals surface area (Å²) in [5, 5.41) is 0. The third-order valence-electron chi connectivity index (χ3n) is 3.34. The maximum Gasteiger partial charge on any atom is 0.257 e. The van der Waals surface area contributed by atoms with Crippen molar-refractivity contribution >= 4 is 5.91 Å². The van der Waals surface area contributed by atoms with E-state index in [-0.39, 0.29) is 18.1 Å². The van der Waals surface area contributed by atoms with Crippen LogP contribution in [0.2, 0.25) is 0 Å². The van der Waals surface area contributed by atoms with Crippen LogP contribution in [0.25, 0.3) is 0 Å². The number of carbonyl (C=O) groups excluding carboxylic acids is 1. The van der Waals surface area contributed by atoms with Crippen LogP contribution < -0.4 is 9.47 Å². The normalized spacial score (nSPS) is 22.5. The van der Waals surface area contributed by atoms with Gasteiger partial charge in [0.05, 0.1) is 32.0 Å². The molecular formula is C15H21NO4. The fourth-order valence-corrected chi connectivity index (χ4v) is 2.50. The van der Waals surface area contributed by atoms with E-state index in [1.54, 1.807) is 37.3 Å². The quantitative estimate of drug-likeness (QED) is 0.848. The third kappa shape index (κ3) is 3.04. The molecule has 110 valence electrons. The zero-order chi connectivity index (χ0) is 14.7. The van der Waals surface area contributed by atoms with Gasteiger partial charge in [-0.2, -0.15) is 0 Å². The molecule has 1 aliphatic heterocycles. The maximum absolute atomic E-state index is 12.7. The fraction of sp³-hybridized carbons (Fsp3) is 0.533. The Bertz CT molecular complexity index is 479. The second-order valence-corrected chi connectivity index (χ2v) is 5.03. The summed E-state index contributed by atoms with van der Waals surface area (Å²) < 4.78 is 16.1. The van der Waals surface area contributed by atoms with E-state index in [4.69, 9.17) is 14.2 Å². The number of benzene rings is 1. The summed E-state index contributed by atoms with van der Waals surface area (Å²) in [7, 11) is 3.14. The molecule has 5 nitrogen and oxygen atoms in total. The van der Waals surface area contributed by atoms with Gasteiger partial charge in [0.2, 0.25) is 0 Å². The number of methoxy groups -OCH3 is 2. The van der Waals surface area contributed by atoms with Crippen LogP contribution in [-0.2, 0) is 4.74 Å². The largest absolute Gasteiger partial charge is 0.497 e. The van der Waals surface area contributed by atoms with Crippen molar-refractivity contribution in [3.05, 3.63) is 23.8 Å². The van der Waals surface area contributed by atoms with Gasteiger partial charge in [0.15, 0.2) is 0 Å². The van der Waals surface area contributed by atoms with E-state index in [2.05, 4.69) is 0 Å². The van der Waals surface area contributed by atoms with E-state index in [1.807, 2.05) is 13.8 Å². The second kappa shape index (κ2) is 6.13. The van der Waals surface area contributed by atoms with Crippen LogP contribution in [0.4, 0.5) is 0 Å². The zero-order valence-electron chi connectivity index (χ0n) is 12.4. The predicted octanol–water partition coefficient (Wildman–Crippen LogP) is 1.95. The molecule has 0 saturated carbocycles. The summed E-state index contributed by atoms with van der Waals surface area (Å²) in [5.41, 5.74) is 0.521. The van der Waals surface area contributed by atoms with Gasteiger partial charge < -0.3 is 19.1 Å². The predicted molar refractivity (Wildman–Crippen MR) is 75.5 cm³/mol. The minimum absolute atomic E-state index is 0.0410. The minimum Gasteiger partial charge on any atom is -0.497 e. The number of morpholine rings is 1. The number of ether oxygens (including phenoxy) is 3. The van der Waals surface area contributed by atoms with E-state index in [1.165, 1.54) is 0 Å². The Balaban J connectivity index is 2.27. The lowest BCUT2D eigenvalue weighted by molar-refractivity contribution is -0.0586. The SMILES string of the molecule is COc1ccc(OC)c(C(=O)N2CC(C)OC(C)C2)c1. The number of hydrogen-bond acceptors (Lipinski definition) is 4. The molecule has 0 aromatic heterocycles. The molecule has 2 atom stereocenters. The van der Waals surface area contributed by atoms with Crippen LogP contribution >= 0.6 is 0 Å². The van der Waals surface area contributed by atoms with Crippen molar-refractivity contribution in [2.75, 3.05) is 27.3 Å². The van der Waals surface area contributed by atoms with Crippen molar-refractivity contribution < 1.29 is 19.0 Å². The Kier molecular flexibility index (Phi) is 4.49. The first kappa shape index (κ1) is 14.7. The number of nitrogens with zero attached hydrogens (tertiary/aromatic N) is 1. The van der Waals surface area contributed by atoms with Gasteiger partial charge in [0.1, 0.15) is 11.5 Å². The van der Waals surface area contributed by atoms with Crippen molar-refractivity contribution in [1.82, 2.24) is 4.90 Å². The molecule has 1 aromatic carbocycles. The molecule has 1 heterocycles. The molecule has 20 heavy (non-hydrogen) atoms. The van der Waals surface area contributed by atoms with Crippen molar-refractivity contribution in [3.63, 3.8) is 0 Å². The van der Waals surface area contributed by atoms with Crippen LogP contribution in [0.15, 0.2) is 18.2 Å². The lowest BCUT2D eigenvalue weighted by atomic mass is 10.1. The molecule has 2 rings (SSSR count). The van der Waals surface area contributed by atoms with Crippen LogP contribution in [0.1, 0.15) is 24.2 Å². The highest BCUT2D eigenvalue weighted by Crippen LogP contribution is 2.26. The van der Waals surface area contributed by atoms with Gasteiger partial charge in [-0.25, -0.2) is 0 Å². The van der Waals surface area contributed by atoms with Crippen LogP contribution in [0, 0.1) is 0 Å². The number of carbonyl (C=O) groups is 1. The Morgan fingerprint density at radius 2 is 1.85 bits per heavy atom. The summed E-state index contributed by atoms with van der Waals surface area (Å²) in [6.07, 6.45) is 0.0820. The van der Waals surface area contributed by atoms with Crippen LogP contribution in [0.5, 0.6) is 11.5 Å². The Morgan fingerprint density at radius 3 is 2.40 bits per heavy atom. The number of hydrogen-bond donors (Lipinski definition) is 0. The third-order valence-corrected chi connectivity index (χ3v) is 3.34. The van der Waals surface area contributed by atoms with Crippen molar-refractivity contribution in [1.29, 1.82) is 0 Å². The molecule has 1 fully saturated rings. The van der Waals surface area contributed by atoms with Gasteiger partial charge in [0.25, 0.3) is 5.91 Å². The van der Waals surface area contributed by atoms with Crippen LogP contribution in [0.3, 0.4) is 0 Å². The molecule has 0 aliphatic carbocycles. The smallest absolute Gasteiger partial charge is 0.257 e. The summed E-state index contributed by atoms with van der Waals surface area (Å²) in [6, 6.07) is 5.24. The summed E-state index contributed by atoms with van der Waals surface area (Å²) in [6.45, 7) is 5.12. The highest BCUT2D eigenvalue weighted by molar-refractivity contribution is 5.97. The average molecular weight is 279 g/mol. The first-order chi connectivity index (χ1) is 9.55. The molecule has 2 unspecified atom stereocenters. The van der Waals surface area contributed by atoms with Gasteiger partial charge in [0, 0.05) is 13.1 Å². The number of rotatable bonds is 3. The second-order valence-electron chi connectivity index (χ2n) is 5.03. The highest BCUT2D eigenvalue weighted by Gasteiger charge is 2.28. The van der Waals surface area contributed by atoms with E-state index in [9.17, 15) is 4.79 Å². The molecule has 1 aromatic rings.